The number of anilines is 1. The van der Waals surface area contributed by atoms with Crippen molar-refractivity contribution in [1.82, 2.24) is 24.6 Å². The Bertz CT molecular complexity index is 889. The van der Waals surface area contributed by atoms with E-state index in [0.717, 1.165) is 5.69 Å². The minimum atomic E-state index is -0.546. The Labute approximate surface area is 112 Å². The summed E-state index contributed by atoms with van der Waals surface area (Å²) in [6, 6.07) is 1.76. The second kappa shape index (κ2) is 4.34. The summed E-state index contributed by atoms with van der Waals surface area (Å²) in [6.45, 7) is 0. The van der Waals surface area contributed by atoms with Gasteiger partial charge in [-0.15, -0.1) is 0 Å². The number of fused-ring (bicyclic) bond motifs is 1. The quantitative estimate of drug-likeness (QED) is 0.675. The van der Waals surface area contributed by atoms with Gasteiger partial charge in [-0.25, -0.2) is 14.3 Å². The van der Waals surface area contributed by atoms with Gasteiger partial charge < -0.3 is 9.88 Å². The number of nitrogens with one attached hydrogen (secondary N) is 2. The lowest BCUT2D eigenvalue weighted by atomic mass is 10.2. The monoisotopic (exact) mass is 272 g/mol. The molecule has 0 spiro atoms. The van der Waals surface area contributed by atoms with Crippen LogP contribution in [0.5, 0.6) is 0 Å². The predicted octanol–water partition coefficient (Wildman–Crippen LogP) is -0.161. The van der Waals surface area contributed by atoms with Crippen LogP contribution in [0, 0.1) is 0 Å². The third-order valence-corrected chi connectivity index (χ3v) is 2.92. The molecule has 3 heterocycles. The lowest BCUT2D eigenvalue weighted by Gasteiger charge is -2.14. The maximum Gasteiger partial charge on any atom is 0.325 e. The highest BCUT2D eigenvalue weighted by atomic mass is 16.2. The van der Waals surface area contributed by atoms with Crippen molar-refractivity contribution in [3.63, 3.8) is 0 Å². The van der Waals surface area contributed by atoms with Gasteiger partial charge >= 0.3 is 5.69 Å². The summed E-state index contributed by atoms with van der Waals surface area (Å²) in [7, 11) is 3.76. The Kier molecular flexibility index (Phi) is 2.63. The summed E-state index contributed by atoms with van der Waals surface area (Å²) in [5.74, 6) is 0. The summed E-state index contributed by atoms with van der Waals surface area (Å²) in [4.78, 5) is 33.6. The van der Waals surface area contributed by atoms with Crippen molar-refractivity contribution in [2.75, 3.05) is 19.0 Å². The first kappa shape index (κ1) is 12.2. The molecular formula is C12H12N6O2. The van der Waals surface area contributed by atoms with E-state index in [-0.39, 0.29) is 0 Å². The molecule has 102 valence electrons. The van der Waals surface area contributed by atoms with Gasteiger partial charge in [0.1, 0.15) is 5.69 Å². The van der Waals surface area contributed by atoms with Crippen LogP contribution in [0.2, 0.25) is 0 Å². The van der Waals surface area contributed by atoms with Gasteiger partial charge in [-0.05, 0) is 6.07 Å². The predicted molar refractivity (Wildman–Crippen MR) is 74.0 cm³/mol. The SMILES string of the molecule is CN(C)c1cc(-c2c[nH]c(=O)[nH]c2=O)nn2ccnc12. The first-order valence-electron chi connectivity index (χ1n) is 5.90. The number of imidazole rings is 1. The molecule has 3 aromatic rings. The molecule has 0 saturated heterocycles. The standard InChI is InChI=1S/C12H12N6O2/c1-17(2)9-5-8(16-18-4-3-13-10(9)18)7-6-14-12(20)15-11(7)19/h3-6H,1-2H3,(H2,14,15,19,20). The van der Waals surface area contributed by atoms with Crippen molar-refractivity contribution in [1.29, 1.82) is 0 Å². The molecule has 0 aliphatic rings. The normalized spacial score (nSPS) is 10.9. The van der Waals surface area contributed by atoms with E-state index in [1.165, 1.54) is 6.20 Å². The number of hydrogen-bond acceptors (Lipinski definition) is 5. The van der Waals surface area contributed by atoms with E-state index in [9.17, 15) is 9.59 Å². The fourth-order valence-electron chi connectivity index (χ4n) is 1.96. The van der Waals surface area contributed by atoms with Crippen molar-refractivity contribution in [3.8, 4) is 11.3 Å². The summed E-state index contributed by atoms with van der Waals surface area (Å²) in [5.41, 5.74) is 1.24. The van der Waals surface area contributed by atoms with Crippen molar-refractivity contribution < 1.29 is 0 Å². The third-order valence-electron chi connectivity index (χ3n) is 2.92. The molecule has 0 bridgehead atoms. The van der Waals surface area contributed by atoms with E-state index in [1.54, 1.807) is 23.0 Å². The van der Waals surface area contributed by atoms with Crippen LogP contribution in [0.4, 0.5) is 5.69 Å². The number of hydrogen-bond donors (Lipinski definition) is 2. The molecule has 8 nitrogen and oxygen atoms in total. The topological polar surface area (TPSA) is 99.2 Å². The fourth-order valence-corrected chi connectivity index (χ4v) is 1.96. The minimum absolute atomic E-state index is 0.295. The van der Waals surface area contributed by atoms with Gasteiger partial charge in [0.05, 0.1) is 11.3 Å². The number of aromatic amines is 2. The largest absolute Gasteiger partial charge is 0.375 e. The molecule has 0 saturated carbocycles. The molecular weight excluding hydrogens is 260 g/mol. The maximum absolute atomic E-state index is 11.8. The highest BCUT2D eigenvalue weighted by Gasteiger charge is 2.12. The minimum Gasteiger partial charge on any atom is -0.375 e. The molecule has 3 rings (SSSR count). The highest BCUT2D eigenvalue weighted by molar-refractivity contribution is 5.73. The van der Waals surface area contributed by atoms with Crippen LogP contribution in [0.3, 0.4) is 0 Å². The van der Waals surface area contributed by atoms with E-state index >= 15 is 0 Å². The second-order valence-electron chi connectivity index (χ2n) is 4.49. The number of nitrogens with zero attached hydrogens (tertiary/aromatic N) is 4. The fraction of sp³-hybridized carbons (Fsp3) is 0.167. The summed E-state index contributed by atoms with van der Waals surface area (Å²) < 4.78 is 1.59. The Morgan fingerprint density at radius 1 is 1.30 bits per heavy atom. The number of rotatable bonds is 2. The van der Waals surface area contributed by atoms with Crippen LogP contribution in [-0.2, 0) is 0 Å². The van der Waals surface area contributed by atoms with Crippen molar-refractivity contribution in [3.05, 3.63) is 45.5 Å². The van der Waals surface area contributed by atoms with Crippen LogP contribution in [-0.4, -0.2) is 38.7 Å². The number of aromatic nitrogens is 5. The Hall–Kier alpha value is -2.90. The summed E-state index contributed by atoms with van der Waals surface area (Å²) >= 11 is 0. The van der Waals surface area contributed by atoms with Gasteiger partial charge in [-0.2, -0.15) is 5.10 Å². The van der Waals surface area contributed by atoms with E-state index in [2.05, 4.69) is 20.1 Å². The molecule has 20 heavy (non-hydrogen) atoms. The van der Waals surface area contributed by atoms with Gasteiger partial charge in [0.15, 0.2) is 5.65 Å². The molecule has 3 aromatic heterocycles. The van der Waals surface area contributed by atoms with Crippen LogP contribution in [0.15, 0.2) is 34.2 Å². The van der Waals surface area contributed by atoms with E-state index in [4.69, 9.17) is 0 Å². The van der Waals surface area contributed by atoms with E-state index in [1.807, 2.05) is 19.0 Å². The molecule has 2 N–H and O–H groups in total. The van der Waals surface area contributed by atoms with Gasteiger partial charge in [-0.1, -0.05) is 0 Å². The first-order valence-corrected chi connectivity index (χ1v) is 5.90. The molecule has 0 fully saturated rings. The van der Waals surface area contributed by atoms with Gasteiger partial charge in [0.2, 0.25) is 0 Å². The average Bonchev–Trinajstić information content (AvgIpc) is 2.85. The van der Waals surface area contributed by atoms with Crippen molar-refractivity contribution in [2.24, 2.45) is 0 Å². The Balaban J connectivity index is 2.31. The lowest BCUT2D eigenvalue weighted by molar-refractivity contribution is 0.925. The molecule has 0 aromatic carbocycles. The molecule has 0 radical (unpaired) electrons. The van der Waals surface area contributed by atoms with Gasteiger partial charge in [-0.3, -0.25) is 9.78 Å². The smallest absolute Gasteiger partial charge is 0.325 e. The third kappa shape index (κ3) is 1.87. The summed E-state index contributed by atoms with van der Waals surface area (Å²) in [6.07, 6.45) is 4.69. The Morgan fingerprint density at radius 2 is 2.10 bits per heavy atom. The zero-order chi connectivity index (χ0) is 14.3. The molecule has 0 amide bonds. The van der Waals surface area contributed by atoms with Crippen molar-refractivity contribution in [2.45, 2.75) is 0 Å². The van der Waals surface area contributed by atoms with E-state index < -0.39 is 11.2 Å². The van der Waals surface area contributed by atoms with Gasteiger partial charge in [0, 0.05) is 32.7 Å². The zero-order valence-corrected chi connectivity index (χ0v) is 10.9. The summed E-state index contributed by atoms with van der Waals surface area (Å²) in [5, 5.41) is 4.32. The van der Waals surface area contributed by atoms with Crippen LogP contribution < -0.4 is 16.1 Å². The molecule has 0 atom stereocenters. The Morgan fingerprint density at radius 3 is 2.80 bits per heavy atom. The molecule has 8 heteroatoms. The first-order chi connectivity index (χ1) is 9.56. The second-order valence-corrected chi connectivity index (χ2v) is 4.49. The number of H-pyrrole nitrogens is 2. The molecule has 0 unspecified atom stereocenters. The van der Waals surface area contributed by atoms with Crippen LogP contribution >= 0.6 is 0 Å². The average molecular weight is 272 g/mol. The highest BCUT2D eigenvalue weighted by Crippen LogP contribution is 2.22. The zero-order valence-electron chi connectivity index (χ0n) is 10.9. The molecule has 0 aliphatic heterocycles. The maximum atomic E-state index is 11.8. The van der Waals surface area contributed by atoms with E-state index in [0.29, 0.717) is 16.9 Å². The van der Waals surface area contributed by atoms with Crippen LogP contribution in [0.25, 0.3) is 16.9 Å². The van der Waals surface area contributed by atoms with Crippen LogP contribution in [0.1, 0.15) is 0 Å². The molecule has 0 aliphatic carbocycles. The van der Waals surface area contributed by atoms with Crippen molar-refractivity contribution >= 4 is 11.3 Å². The van der Waals surface area contributed by atoms with Gasteiger partial charge in [0.25, 0.3) is 5.56 Å². The lowest BCUT2D eigenvalue weighted by Crippen LogP contribution is -2.23.